The van der Waals surface area contributed by atoms with Crippen molar-refractivity contribution in [2.24, 2.45) is 0 Å². The Labute approximate surface area is 155 Å². The van der Waals surface area contributed by atoms with E-state index >= 15 is 0 Å². The van der Waals surface area contributed by atoms with Gasteiger partial charge in [0.05, 0.1) is 0 Å². The molecule has 1 fully saturated rings. The number of amides is 2. The molecule has 26 heavy (non-hydrogen) atoms. The molecule has 1 saturated heterocycles. The molecule has 1 aliphatic heterocycles. The van der Waals surface area contributed by atoms with E-state index in [-0.39, 0.29) is 6.03 Å². The van der Waals surface area contributed by atoms with Crippen LogP contribution in [0.15, 0.2) is 54.6 Å². The molecule has 2 aromatic carbocycles. The standard InChI is InChI=1S/C21H27N3O2/c1-18-7-9-20(10-8-18)26-16-15-23-11-13-24(14-12-23)21(25)22-17-19-5-3-2-4-6-19/h2-10H,11-17H2,1H3,(H,22,25). The fourth-order valence-electron chi connectivity index (χ4n) is 2.99. The maximum Gasteiger partial charge on any atom is 0.317 e. The molecule has 3 rings (SSSR count). The van der Waals surface area contributed by atoms with Crippen LogP contribution in [0, 0.1) is 6.92 Å². The van der Waals surface area contributed by atoms with E-state index in [0.717, 1.165) is 44.0 Å². The van der Waals surface area contributed by atoms with Crippen LogP contribution in [-0.4, -0.2) is 55.2 Å². The molecule has 1 heterocycles. The van der Waals surface area contributed by atoms with E-state index in [0.29, 0.717) is 13.2 Å². The van der Waals surface area contributed by atoms with E-state index in [2.05, 4.69) is 29.3 Å². The first-order chi connectivity index (χ1) is 12.7. The van der Waals surface area contributed by atoms with Gasteiger partial charge < -0.3 is 15.0 Å². The molecular formula is C21H27N3O2. The Kier molecular flexibility index (Phi) is 6.50. The van der Waals surface area contributed by atoms with Gasteiger partial charge in [0.15, 0.2) is 0 Å². The summed E-state index contributed by atoms with van der Waals surface area (Å²) in [6.45, 7) is 7.47. The monoisotopic (exact) mass is 353 g/mol. The van der Waals surface area contributed by atoms with E-state index in [1.54, 1.807) is 0 Å². The van der Waals surface area contributed by atoms with E-state index < -0.39 is 0 Å². The summed E-state index contributed by atoms with van der Waals surface area (Å²) in [5, 5.41) is 3.00. The number of ether oxygens (including phenoxy) is 1. The number of nitrogens with one attached hydrogen (secondary N) is 1. The van der Waals surface area contributed by atoms with Gasteiger partial charge in [0, 0.05) is 39.3 Å². The third-order valence-electron chi connectivity index (χ3n) is 4.64. The van der Waals surface area contributed by atoms with Gasteiger partial charge in [0.25, 0.3) is 0 Å². The van der Waals surface area contributed by atoms with Crippen LogP contribution >= 0.6 is 0 Å². The molecule has 0 aromatic heterocycles. The van der Waals surface area contributed by atoms with Crippen molar-refractivity contribution in [2.45, 2.75) is 13.5 Å². The highest BCUT2D eigenvalue weighted by Crippen LogP contribution is 2.11. The molecule has 0 bridgehead atoms. The van der Waals surface area contributed by atoms with E-state index in [1.165, 1.54) is 5.56 Å². The number of hydrogen-bond donors (Lipinski definition) is 1. The lowest BCUT2D eigenvalue weighted by atomic mass is 10.2. The third kappa shape index (κ3) is 5.49. The molecule has 0 spiro atoms. The topological polar surface area (TPSA) is 44.8 Å². The maximum absolute atomic E-state index is 12.3. The lowest BCUT2D eigenvalue weighted by Crippen LogP contribution is -2.52. The Bertz CT molecular complexity index is 680. The second-order valence-corrected chi connectivity index (χ2v) is 6.63. The average molecular weight is 353 g/mol. The predicted molar refractivity (Wildman–Crippen MR) is 103 cm³/mol. The van der Waals surface area contributed by atoms with Gasteiger partial charge in [-0.15, -0.1) is 0 Å². The van der Waals surface area contributed by atoms with Crippen LogP contribution in [0.25, 0.3) is 0 Å². The van der Waals surface area contributed by atoms with Gasteiger partial charge >= 0.3 is 6.03 Å². The third-order valence-corrected chi connectivity index (χ3v) is 4.64. The van der Waals surface area contributed by atoms with Crippen LogP contribution in [0.3, 0.4) is 0 Å². The Balaban J connectivity index is 1.33. The molecule has 138 valence electrons. The quantitative estimate of drug-likeness (QED) is 0.868. The van der Waals surface area contributed by atoms with E-state index in [4.69, 9.17) is 4.74 Å². The smallest absolute Gasteiger partial charge is 0.317 e. The summed E-state index contributed by atoms with van der Waals surface area (Å²) in [7, 11) is 0. The Morgan fingerprint density at radius 1 is 1.00 bits per heavy atom. The normalized spacial score (nSPS) is 14.9. The van der Waals surface area contributed by atoms with Gasteiger partial charge in [0.1, 0.15) is 12.4 Å². The largest absolute Gasteiger partial charge is 0.492 e. The molecule has 0 aliphatic carbocycles. The van der Waals surface area contributed by atoms with Crippen molar-refractivity contribution in [3.63, 3.8) is 0 Å². The molecule has 5 nitrogen and oxygen atoms in total. The van der Waals surface area contributed by atoms with Crippen LogP contribution in [0.5, 0.6) is 5.75 Å². The highest BCUT2D eigenvalue weighted by Gasteiger charge is 2.20. The Morgan fingerprint density at radius 2 is 1.69 bits per heavy atom. The van der Waals surface area contributed by atoms with Crippen molar-refractivity contribution in [3.05, 3.63) is 65.7 Å². The second-order valence-electron chi connectivity index (χ2n) is 6.63. The first-order valence-corrected chi connectivity index (χ1v) is 9.19. The van der Waals surface area contributed by atoms with Crippen molar-refractivity contribution >= 4 is 6.03 Å². The van der Waals surface area contributed by atoms with Crippen LogP contribution in [-0.2, 0) is 6.54 Å². The Morgan fingerprint density at radius 3 is 2.38 bits per heavy atom. The highest BCUT2D eigenvalue weighted by atomic mass is 16.5. The molecule has 0 saturated carbocycles. The number of rotatable bonds is 6. The summed E-state index contributed by atoms with van der Waals surface area (Å²) in [6, 6.07) is 18.1. The van der Waals surface area contributed by atoms with Crippen LogP contribution in [0.1, 0.15) is 11.1 Å². The number of aryl methyl sites for hydroxylation is 1. The van der Waals surface area contributed by atoms with Gasteiger partial charge in [-0.1, -0.05) is 48.0 Å². The van der Waals surface area contributed by atoms with Crippen molar-refractivity contribution in [2.75, 3.05) is 39.3 Å². The summed E-state index contributed by atoms with van der Waals surface area (Å²) >= 11 is 0. The summed E-state index contributed by atoms with van der Waals surface area (Å²) in [5.74, 6) is 0.912. The number of nitrogens with zero attached hydrogens (tertiary/aromatic N) is 2. The number of carbonyl (C=O) groups excluding carboxylic acids is 1. The number of urea groups is 1. The SMILES string of the molecule is Cc1ccc(OCCN2CCN(C(=O)NCc3ccccc3)CC2)cc1. The molecule has 1 aliphatic rings. The fraction of sp³-hybridized carbons (Fsp3) is 0.381. The van der Waals surface area contributed by atoms with Crippen LogP contribution in [0.4, 0.5) is 4.79 Å². The molecule has 2 aromatic rings. The first-order valence-electron chi connectivity index (χ1n) is 9.19. The van der Waals surface area contributed by atoms with Crippen molar-refractivity contribution in [3.8, 4) is 5.75 Å². The van der Waals surface area contributed by atoms with Gasteiger partial charge in [-0.2, -0.15) is 0 Å². The highest BCUT2D eigenvalue weighted by molar-refractivity contribution is 5.74. The zero-order valence-corrected chi connectivity index (χ0v) is 15.4. The number of carbonyl (C=O) groups is 1. The number of piperazine rings is 1. The Hall–Kier alpha value is -2.53. The molecular weight excluding hydrogens is 326 g/mol. The number of hydrogen-bond acceptors (Lipinski definition) is 3. The van der Waals surface area contributed by atoms with Gasteiger partial charge in [-0.3, -0.25) is 4.90 Å². The van der Waals surface area contributed by atoms with Crippen LogP contribution < -0.4 is 10.1 Å². The predicted octanol–water partition coefficient (Wildman–Crippen LogP) is 2.90. The zero-order chi connectivity index (χ0) is 18.2. The molecule has 0 radical (unpaired) electrons. The lowest BCUT2D eigenvalue weighted by Gasteiger charge is -2.34. The van der Waals surface area contributed by atoms with Crippen LogP contribution in [0.2, 0.25) is 0 Å². The van der Waals surface area contributed by atoms with Gasteiger partial charge in [0.2, 0.25) is 0 Å². The number of benzene rings is 2. The minimum absolute atomic E-state index is 0.0180. The zero-order valence-electron chi connectivity index (χ0n) is 15.4. The van der Waals surface area contributed by atoms with Crippen molar-refractivity contribution in [1.82, 2.24) is 15.1 Å². The average Bonchev–Trinajstić information content (AvgIpc) is 2.69. The van der Waals surface area contributed by atoms with Gasteiger partial charge in [-0.25, -0.2) is 4.79 Å². The molecule has 2 amide bonds. The summed E-state index contributed by atoms with van der Waals surface area (Å²) in [4.78, 5) is 16.5. The minimum atomic E-state index is 0.0180. The minimum Gasteiger partial charge on any atom is -0.492 e. The van der Waals surface area contributed by atoms with E-state index in [9.17, 15) is 4.79 Å². The molecule has 0 atom stereocenters. The summed E-state index contributed by atoms with van der Waals surface area (Å²) in [5.41, 5.74) is 2.35. The molecule has 5 heteroatoms. The second kappa shape index (κ2) is 9.25. The first kappa shape index (κ1) is 18.3. The van der Waals surface area contributed by atoms with Crippen molar-refractivity contribution < 1.29 is 9.53 Å². The lowest BCUT2D eigenvalue weighted by molar-refractivity contribution is 0.126. The molecule has 1 N–H and O–H groups in total. The van der Waals surface area contributed by atoms with Gasteiger partial charge in [-0.05, 0) is 24.6 Å². The van der Waals surface area contributed by atoms with E-state index in [1.807, 2.05) is 47.4 Å². The van der Waals surface area contributed by atoms with Crippen molar-refractivity contribution in [1.29, 1.82) is 0 Å². The summed E-state index contributed by atoms with van der Waals surface area (Å²) in [6.07, 6.45) is 0. The maximum atomic E-state index is 12.3. The summed E-state index contributed by atoms with van der Waals surface area (Å²) < 4.78 is 5.79. The molecule has 0 unspecified atom stereocenters. The fourth-order valence-corrected chi connectivity index (χ4v) is 2.99.